The molecule has 0 aliphatic carbocycles. The highest BCUT2D eigenvalue weighted by Crippen LogP contribution is 2.22. The van der Waals surface area contributed by atoms with Crippen molar-refractivity contribution in [3.8, 4) is 0 Å². The van der Waals surface area contributed by atoms with Crippen LogP contribution in [0.4, 0.5) is 0 Å². The van der Waals surface area contributed by atoms with Crippen LogP contribution in [0.25, 0.3) is 0 Å². The number of rotatable bonds is 1. The maximum Gasteiger partial charge on any atom is 0.0259 e. The molecular weight excluding hydrogens is 172 g/mol. The van der Waals surface area contributed by atoms with E-state index in [1.165, 1.54) is 16.7 Å². The van der Waals surface area contributed by atoms with Gasteiger partial charge in [-0.2, -0.15) is 0 Å². The molecule has 2 nitrogen and oxygen atoms in total. The van der Waals surface area contributed by atoms with Gasteiger partial charge in [-0.05, 0) is 31.5 Å². The summed E-state index contributed by atoms with van der Waals surface area (Å²) in [7, 11) is 2.15. The Bertz CT molecular complexity index is 333. The van der Waals surface area contributed by atoms with E-state index in [-0.39, 0.29) is 0 Å². The lowest BCUT2D eigenvalue weighted by molar-refractivity contribution is 0.220. The molecule has 2 heteroatoms. The summed E-state index contributed by atoms with van der Waals surface area (Å²) < 4.78 is 0. The molecule has 0 bridgehead atoms. The number of aryl methyl sites for hydroxylation is 1. The van der Waals surface area contributed by atoms with Gasteiger partial charge in [0.1, 0.15) is 0 Å². The first-order chi connectivity index (χ1) is 6.70. The van der Waals surface area contributed by atoms with Crippen LogP contribution in [-0.2, 0) is 13.0 Å². The molecule has 0 amide bonds. The zero-order chi connectivity index (χ0) is 10.1. The number of fused-ring (bicyclic) bond motifs is 1. The topological polar surface area (TPSA) is 29.3 Å². The van der Waals surface area contributed by atoms with Crippen molar-refractivity contribution >= 4 is 0 Å². The van der Waals surface area contributed by atoms with Gasteiger partial charge in [-0.1, -0.05) is 23.8 Å². The van der Waals surface area contributed by atoms with Crippen molar-refractivity contribution in [3.63, 3.8) is 0 Å². The number of likely N-dealkylation sites (N-methyl/N-ethyl adjacent to an activating group) is 1. The number of nitrogens with two attached hydrogens (primary N) is 1. The van der Waals surface area contributed by atoms with E-state index in [2.05, 4.69) is 37.1 Å². The Morgan fingerprint density at radius 1 is 1.43 bits per heavy atom. The molecular formula is C12H18N2. The van der Waals surface area contributed by atoms with Gasteiger partial charge < -0.3 is 5.73 Å². The maximum atomic E-state index is 5.75. The Morgan fingerprint density at radius 3 is 2.93 bits per heavy atom. The summed E-state index contributed by atoms with van der Waals surface area (Å²) >= 11 is 0. The van der Waals surface area contributed by atoms with Crippen molar-refractivity contribution in [2.75, 3.05) is 13.6 Å². The standard InChI is InChI=1S/C12H18N2/c1-9-3-4-10-8-14(2)12(7-13)6-11(10)5-9/h3-5,12H,6-8,13H2,1-2H3/t12-/m0/s1. The van der Waals surface area contributed by atoms with Crippen LogP contribution in [0.15, 0.2) is 18.2 Å². The molecule has 1 aliphatic rings. The lowest BCUT2D eigenvalue weighted by atomic mass is 9.93. The summed E-state index contributed by atoms with van der Waals surface area (Å²) in [4.78, 5) is 2.34. The second kappa shape index (κ2) is 3.71. The SMILES string of the molecule is Cc1ccc2c(c1)C[C@@H](CN)N(C)C2. The molecule has 0 unspecified atom stereocenters. The third-order valence-corrected chi connectivity index (χ3v) is 3.13. The van der Waals surface area contributed by atoms with Crippen LogP contribution in [0.1, 0.15) is 16.7 Å². The molecule has 1 atom stereocenters. The molecule has 0 radical (unpaired) electrons. The number of benzene rings is 1. The molecule has 0 spiro atoms. The summed E-state index contributed by atoms with van der Waals surface area (Å²) in [5, 5.41) is 0. The van der Waals surface area contributed by atoms with Crippen molar-refractivity contribution in [3.05, 3.63) is 34.9 Å². The quantitative estimate of drug-likeness (QED) is 0.723. The Labute approximate surface area is 85.7 Å². The van der Waals surface area contributed by atoms with E-state index in [1.807, 2.05) is 0 Å². The first kappa shape index (κ1) is 9.69. The predicted molar refractivity (Wildman–Crippen MR) is 59.2 cm³/mol. The lowest BCUT2D eigenvalue weighted by Gasteiger charge is -2.33. The summed E-state index contributed by atoms with van der Waals surface area (Å²) in [6, 6.07) is 7.25. The van der Waals surface area contributed by atoms with Crippen molar-refractivity contribution in [1.82, 2.24) is 4.90 Å². The smallest absolute Gasteiger partial charge is 0.0259 e. The van der Waals surface area contributed by atoms with E-state index >= 15 is 0 Å². The van der Waals surface area contributed by atoms with Crippen molar-refractivity contribution in [2.24, 2.45) is 5.73 Å². The highest BCUT2D eigenvalue weighted by atomic mass is 15.1. The van der Waals surface area contributed by atoms with Crippen LogP contribution in [-0.4, -0.2) is 24.5 Å². The van der Waals surface area contributed by atoms with Gasteiger partial charge in [0.05, 0.1) is 0 Å². The average molecular weight is 190 g/mol. The molecule has 2 N–H and O–H groups in total. The third kappa shape index (κ3) is 1.68. The Morgan fingerprint density at radius 2 is 2.21 bits per heavy atom. The minimum Gasteiger partial charge on any atom is -0.329 e. The highest BCUT2D eigenvalue weighted by Gasteiger charge is 2.21. The van der Waals surface area contributed by atoms with Gasteiger partial charge >= 0.3 is 0 Å². The van der Waals surface area contributed by atoms with Gasteiger partial charge in [0.15, 0.2) is 0 Å². The second-order valence-electron chi connectivity index (χ2n) is 4.28. The van der Waals surface area contributed by atoms with Gasteiger partial charge in [-0.25, -0.2) is 0 Å². The molecule has 1 heterocycles. The van der Waals surface area contributed by atoms with Crippen LogP contribution in [0.5, 0.6) is 0 Å². The summed E-state index contributed by atoms with van der Waals surface area (Å²) in [5.74, 6) is 0. The Hall–Kier alpha value is -0.860. The van der Waals surface area contributed by atoms with Gasteiger partial charge in [-0.15, -0.1) is 0 Å². The van der Waals surface area contributed by atoms with E-state index < -0.39 is 0 Å². The summed E-state index contributed by atoms with van der Waals surface area (Å²) in [6.45, 7) is 3.94. The number of hydrogen-bond acceptors (Lipinski definition) is 2. The molecule has 1 aromatic rings. The summed E-state index contributed by atoms with van der Waals surface area (Å²) in [6.07, 6.45) is 1.10. The molecule has 0 saturated heterocycles. The minimum absolute atomic E-state index is 0.518. The molecule has 1 aliphatic heterocycles. The molecule has 14 heavy (non-hydrogen) atoms. The van der Waals surface area contributed by atoms with Crippen molar-refractivity contribution in [2.45, 2.75) is 25.9 Å². The van der Waals surface area contributed by atoms with E-state index in [0.717, 1.165) is 19.5 Å². The Balaban J connectivity index is 2.31. The fourth-order valence-electron chi connectivity index (χ4n) is 2.17. The van der Waals surface area contributed by atoms with E-state index in [4.69, 9.17) is 5.73 Å². The summed E-state index contributed by atoms with van der Waals surface area (Å²) in [5.41, 5.74) is 10.0. The normalized spacial score (nSPS) is 22.1. The molecule has 1 aromatic carbocycles. The average Bonchev–Trinajstić information content (AvgIpc) is 2.17. The fourth-order valence-corrected chi connectivity index (χ4v) is 2.17. The highest BCUT2D eigenvalue weighted by molar-refractivity contribution is 5.33. The van der Waals surface area contributed by atoms with Gasteiger partial charge in [0.25, 0.3) is 0 Å². The molecule has 0 fully saturated rings. The first-order valence-electron chi connectivity index (χ1n) is 5.19. The monoisotopic (exact) mass is 190 g/mol. The zero-order valence-electron chi connectivity index (χ0n) is 8.96. The van der Waals surface area contributed by atoms with Gasteiger partial charge in [-0.3, -0.25) is 4.90 Å². The Kier molecular flexibility index (Phi) is 2.57. The lowest BCUT2D eigenvalue weighted by Crippen LogP contribution is -2.42. The third-order valence-electron chi connectivity index (χ3n) is 3.13. The predicted octanol–water partition coefficient (Wildman–Crippen LogP) is 1.31. The van der Waals surface area contributed by atoms with Gasteiger partial charge in [0, 0.05) is 19.1 Å². The molecule has 76 valence electrons. The van der Waals surface area contributed by atoms with Crippen LogP contribution in [0, 0.1) is 6.92 Å². The van der Waals surface area contributed by atoms with Crippen LogP contribution >= 0.6 is 0 Å². The number of nitrogens with zero attached hydrogens (tertiary/aromatic N) is 1. The first-order valence-corrected chi connectivity index (χ1v) is 5.19. The van der Waals surface area contributed by atoms with Crippen LogP contribution in [0.3, 0.4) is 0 Å². The van der Waals surface area contributed by atoms with Crippen LogP contribution < -0.4 is 5.73 Å². The van der Waals surface area contributed by atoms with Crippen molar-refractivity contribution < 1.29 is 0 Å². The second-order valence-corrected chi connectivity index (χ2v) is 4.28. The van der Waals surface area contributed by atoms with Gasteiger partial charge in [0.2, 0.25) is 0 Å². The van der Waals surface area contributed by atoms with E-state index in [1.54, 1.807) is 0 Å². The molecule has 2 rings (SSSR count). The molecule has 0 saturated carbocycles. The fraction of sp³-hybridized carbons (Fsp3) is 0.500. The largest absolute Gasteiger partial charge is 0.329 e. The number of hydrogen-bond donors (Lipinski definition) is 1. The minimum atomic E-state index is 0.518. The van der Waals surface area contributed by atoms with Crippen molar-refractivity contribution in [1.29, 1.82) is 0 Å². The van der Waals surface area contributed by atoms with Crippen LogP contribution in [0.2, 0.25) is 0 Å². The van der Waals surface area contributed by atoms with E-state index in [0.29, 0.717) is 6.04 Å². The molecule has 0 aromatic heterocycles. The maximum absolute atomic E-state index is 5.75. The van der Waals surface area contributed by atoms with E-state index in [9.17, 15) is 0 Å². The zero-order valence-corrected chi connectivity index (χ0v) is 8.96.